The van der Waals surface area contributed by atoms with Crippen LogP contribution >= 0.6 is 0 Å². The van der Waals surface area contributed by atoms with Gasteiger partial charge in [-0.1, -0.05) is 5.16 Å². The van der Waals surface area contributed by atoms with Crippen LogP contribution in [0.3, 0.4) is 0 Å². The molecule has 1 N–H and O–H groups in total. The highest BCUT2D eigenvalue weighted by Gasteiger charge is 2.14. The van der Waals surface area contributed by atoms with Crippen LogP contribution in [-0.2, 0) is 11.2 Å². The van der Waals surface area contributed by atoms with E-state index in [9.17, 15) is 4.79 Å². The van der Waals surface area contributed by atoms with Gasteiger partial charge in [-0.05, 0) is 31.2 Å². The quantitative estimate of drug-likeness (QED) is 0.793. The van der Waals surface area contributed by atoms with E-state index in [2.05, 4.69) is 10.1 Å². The van der Waals surface area contributed by atoms with E-state index in [4.69, 9.17) is 14.4 Å². The Morgan fingerprint density at radius 1 is 1.35 bits per heavy atom. The highest BCUT2D eigenvalue weighted by Crippen LogP contribution is 2.20. The molecule has 0 bridgehead atoms. The summed E-state index contributed by atoms with van der Waals surface area (Å²) in [5.74, 6) is 1.62. The first-order chi connectivity index (χ1) is 11.2. The predicted molar refractivity (Wildman–Crippen MR) is 83.9 cm³/mol. The first kappa shape index (κ1) is 17.0. The maximum absolute atomic E-state index is 12.0. The van der Waals surface area contributed by atoms with Crippen molar-refractivity contribution in [3.63, 3.8) is 0 Å². The van der Waals surface area contributed by atoms with Crippen LogP contribution in [0.2, 0.25) is 0 Å². The molecule has 0 aliphatic rings. The second-order valence-electron chi connectivity index (χ2n) is 4.94. The summed E-state index contributed by atoms with van der Waals surface area (Å²) in [6, 6.07) is 7.34. The molecule has 0 radical (unpaired) electrons. The summed E-state index contributed by atoms with van der Waals surface area (Å²) < 4.78 is 10.3. The van der Waals surface area contributed by atoms with Crippen molar-refractivity contribution >= 4 is 5.91 Å². The molecule has 2 aromatic rings. The lowest BCUT2D eigenvalue weighted by molar-refractivity contribution is -0.131. The summed E-state index contributed by atoms with van der Waals surface area (Å²) in [4.78, 5) is 17.9. The molecule has 0 aliphatic heterocycles. The molecule has 23 heavy (non-hydrogen) atoms. The Hall–Kier alpha value is -2.41. The molecule has 0 aliphatic carbocycles. The smallest absolute Gasteiger partial charge is 0.227 e. The van der Waals surface area contributed by atoms with E-state index >= 15 is 0 Å². The monoisotopic (exact) mass is 319 g/mol. The van der Waals surface area contributed by atoms with Crippen molar-refractivity contribution in [1.82, 2.24) is 15.0 Å². The van der Waals surface area contributed by atoms with Crippen LogP contribution in [0.15, 0.2) is 28.8 Å². The molecule has 2 rings (SSSR count). The van der Waals surface area contributed by atoms with Gasteiger partial charge >= 0.3 is 0 Å². The molecular formula is C16H21N3O4. The first-order valence-corrected chi connectivity index (χ1v) is 7.53. The van der Waals surface area contributed by atoms with Crippen LogP contribution in [0.5, 0.6) is 5.75 Å². The predicted octanol–water partition coefficient (Wildman–Crippen LogP) is 1.52. The van der Waals surface area contributed by atoms with Crippen LogP contribution in [0.4, 0.5) is 0 Å². The first-order valence-electron chi connectivity index (χ1n) is 7.53. The number of aromatic nitrogens is 2. The fraction of sp³-hybridized carbons (Fsp3) is 0.438. The lowest BCUT2D eigenvalue weighted by Crippen LogP contribution is -2.33. The minimum absolute atomic E-state index is 0.0363. The molecule has 0 fully saturated rings. The van der Waals surface area contributed by atoms with Gasteiger partial charge < -0.3 is 19.3 Å². The summed E-state index contributed by atoms with van der Waals surface area (Å²) in [5, 5.41) is 12.9. The molecule has 124 valence electrons. The van der Waals surface area contributed by atoms with E-state index in [0.29, 0.717) is 31.2 Å². The van der Waals surface area contributed by atoms with Gasteiger partial charge in [-0.2, -0.15) is 4.98 Å². The highest BCUT2D eigenvalue weighted by atomic mass is 16.5. The highest BCUT2D eigenvalue weighted by molar-refractivity contribution is 5.76. The van der Waals surface area contributed by atoms with Crippen LogP contribution in [0.1, 0.15) is 19.2 Å². The van der Waals surface area contributed by atoms with Gasteiger partial charge in [0.15, 0.2) is 0 Å². The number of aliphatic hydroxyl groups excluding tert-OH is 1. The van der Waals surface area contributed by atoms with Gasteiger partial charge in [0.2, 0.25) is 17.6 Å². The molecule has 1 heterocycles. The van der Waals surface area contributed by atoms with Crippen molar-refractivity contribution in [2.24, 2.45) is 0 Å². The van der Waals surface area contributed by atoms with Crippen molar-refractivity contribution in [2.45, 2.75) is 19.8 Å². The number of aryl methyl sites for hydroxylation is 1. The number of hydrogen-bond donors (Lipinski definition) is 1. The Kier molecular flexibility index (Phi) is 6.10. The Morgan fingerprint density at radius 3 is 2.70 bits per heavy atom. The average molecular weight is 319 g/mol. The van der Waals surface area contributed by atoms with Crippen LogP contribution in [0, 0.1) is 0 Å². The molecule has 0 saturated heterocycles. The summed E-state index contributed by atoms with van der Waals surface area (Å²) in [6.45, 7) is 2.75. The van der Waals surface area contributed by atoms with Crippen LogP contribution in [-0.4, -0.2) is 52.9 Å². The third-order valence-electron chi connectivity index (χ3n) is 3.47. The van der Waals surface area contributed by atoms with E-state index in [-0.39, 0.29) is 18.9 Å². The van der Waals surface area contributed by atoms with Gasteiger partial charge in [0.05, 0.1) is 13.7 Å². The molecule has 1 aromatic carbocycles. The molecule has 7 nitrogen and oxygen atoms in total. The zero-order valence-electron chi connectivity index (χ0n) is 13.4. The maximum atomic E-state index is 12.0. The van der Waals surface area contributed by atoms with Gasteiger partial charge in [0, 0.05) is 31.5 Å². The second kappa shape index (κ2) is 8.28. The molecule has 0 saturated carbocycles. The normalized spacial score (nSPS) is 10.6. The Balaban J connectivity index is 1.95. The minimum Gasteiger partial charge on any atom is -0.497 e. The average Bonchev–Trinajstić information content (AvgIpc) is 3.06. The minimum atomic E-state index is -0.0399. The van der Waals surface area contributed by atoms with Crippen molar-refractivity contribution in [3.05, 3.63) is 30.2 Å². The number of amides is 1. The molecule has 0 unspecified atom stereocenters. The zero-order valence-corrected chi connectivity index (χ0v) is 13.4. The van der Waals surface area contributed by atoms with Gasteiger partial charge in [-0.15, -0.1) is 0 Å². The van der Waals surface area contributed by atoms with Crippen LogP contribution in [0.25, 0.3) is 11.4 Å². The number of hydrogen-bond acceptors (Lipinski definition) is 6. The number of ether oxygens (including phenoxy) is 1. The molecular weight excluding hydrogens is 298 g/mol. The third-order valence-corrected chi connectivity index (χ3v) is 3.47. The molecule has 0 spiro atoms. The summed E-state index contributed by atoms with van der Waals surface area (Å²) >= 11 is 0. The Bertz CT molecular complexity index is 625. The van der Waals surface area contributed by atoms with Gasteiger partial charge in [-0.3, -0.25) is 4.79 Å². The summed E-state index contributed by atoms with van der Waals surface area (Å²) in [7, 11) is 1.61. The Labute approximate surface area is 134 Å². The molecule has 1 amide bonds. The zero-order chi connectivity index (χ0) is 16.7. The fourth-order valence-electron chi connectivity index (χ4n) is 2.17. The topological polar surface area (TPSA) is 88.7 Å². The van der Waals surface area contributed by atoms with Crippen molar-refractivity contribution in [1.29, 1.82) is 0 Å². The lowest BCUT2D eigenvalue weighted by atomic mass is 10.2. The van der Waals surface area contributed by atoms with Crippen molar-refractivity contribution < 1.29 is 19.2 Å². The number of carbonyl (C=O) groups is 1. The van der Waals surface area contributed by atoms with Gasteiger partial charge in [0.25, 0.3) is 0 Å². The van der Waals surface area contributed by atoms with E-state index in [1.165, 1.54) is 0 Å². The van der Waals surface area contributed by atoms with Crippen LogP contribution < -0.4 is 4.74 Å². The van der Waals surface area contributed by atoms with Crippen molar-refractivity contribution in [3.8, 4) is 17.1 Å². The van der Waals surface area contributed by atoms with E-state index in [1.807, 2.05) is 31.2 Å². The molecule has 7 heteroatoms. The summed E-state index contributed by atoms with van der Waals surface area (Å²) in [5.41, 5.74) is 0.822. The summed E-state index contributed by atoms with van der Waals surface area (Å²) in [6.07, 6.45) is 0.655. The SMILES string of the molecule is CCN(CCO)C(=O)CCc1nc(-c2ccc(OC)cc2)no1. The van der Waals surface area contributed by atoms with E-state index < -0.39 is 0 Å². The second-order valence-corrected chi connectivity index (χ2v) is 4.94. The number of aliphatic hydroxyl groups is 1. The number of carbonyl (C=O) groups excluding carboxylic acids is 1. The maximum Gasteiger partial charge on any atom is 0.227 e. The lowest BCUT2D eigenvalue weighted by Gasteiger charge is -2.18. The Morgan fingerprint density at radius 2 is 2.09 bits per heavy atom. The number of benzene rings is 1. The van der Waals surface area contributed by atoms with Gasteiger partial charge in [-0.25, -0.2) is 0 Å². The van der Waals surface area contributed by atoms with E-state index in [0.717, 1.165) is 11.3 Å². The molecule has 0 atom stereocenters. The van der Waals surface area contributed by atoms with Gasteiger partial charge in [0.1, 0.15) is 5.75 Å². The van der Waals surface area contributed by atoms with Crippen molar-refractivity contribution in [2.75, 3.05) is 26.8 Å². The largest absolute Gasteiger partial charge is 0.497 e. The number of methoxy groups -OCH3 is 1. The number of rotatable bonds is 8. The third kappa shape index (κ3) is 4.53. The fourth-order valence-corrected chi connectivity index (χ4v) is 2.17. The standard InChI is InChI=1S/C16H21N3O4/c1-3-19(10-11-20)15(21)9-8-14-17-16(18-23-14)12-4-6-13(22-2)7-5-12/h4-7,20H,3,8-11H2,1-2H3. The van der Waals surface area contributed by atoms with E-state index in [1.54, 1.807) is 12.0 Å². The number of likely N-dealkylation sites (N-methyl/N-ethyl adjacent to an activating group) is 1. The molecule has 1 aromatic heterocycles. The number of nitrogens with zero attached hydrogens (tertiary/aromatic N) is 3.